The maximum atomic E-state index is 5.72. The van der Waals surface area contributed by atoms with E-state index in [1.807, 2.05) is 53.1 Å². The molecule has 120 valence electrons. The molecule has 3 heterocycles. The molecule has 1 aliphatic carbocycles. The van der Waals surface area contributed by atoms with Gasteiger partial charge in [0, 0.05) is 22.9 Å². The number of allylic oxidation sites excluding steroid dienone is 4. The van der Waals surface area contributed by atoms with Crippen LogP contribution in [0.15, 0.2) is 71.6 Å². The molecule has 0 fully saturated rings. The highest BCUT2D eigenvalue weighted by Gasteiger charge is 2.16. The molecule has 0 unspecified atom stereocenters. The molecule has 5 rings (SSSR count). The summed E-state index contributed by atoms with van der Waals surface area (Å²) < 4.78 is 7.70. The number of fused-ring (bicyclic) bond motifs is 1. The zero-order valence-electron chi connectivity index (χ0n) is 13.5. The Bertz CT molecular complexity index is 1160. The summed E-state index contributed by atoms with van der Waals surface area (Å²) in [7, 11) is 0. The van der Waals surface area contributed by atoms with Crippen LogP contribution >= 0.6 is 0 Å². The van der Waals surface area contributed by atoms with Gasteiger partial charge in [-0.3, -0.25) is 4.40 Å². The van der Waals surface area contributed by atoms with Crippen molar-refractivity contribution in [2.24, 2.45) is 0 Å². The Hall–Kier alpha value is -3.47. The predicted molar refractivity (Wildman–Crippen MR) is 95.8 cm³/mol. The van der Waals surface area contributed by atoms with E-state index in [-0.39, 0.29) is 0 Å². The molecule has 1 aliphatic rings. The van der Waals surface area contributed by atoms with Crippen molar-refractivity contribution in [1.29, 1.82) is 0 Å². The van der Waals surface area contributed by atoms with Crippen molar-refractivity contribution < 1.29 is 4.42 Å². The summed E-state index contributed by atoms with van der Waals surface area (Å²) in [5.74, 6) is 1.57. The molecule has 0 aliphatic heterocycles. The van der Waals surface area contributed by atoms with Crippen molar-refractivity contribution in [2.75, 3.05) is 0 Å². The molecule has 0 N–H and O–H groups in total. The molecule has 0 saturated carbocycles. The highest BCUT2D eigenvalue weighted by atomic mass is 16.3. The van der Waals surface area contributed by atoms with Gasteiger partial charge in [-0.25, -0.2) is 4.98 Å². The number of hydrogen-bond donors (Lipinski definition) is 0. The average molecular weight is 326 g/mol. The largest absolute Gasteiger partial charge is 0.443 e. The molecular formula is C20H14N4O. The second kappa shape index (κ2) is 5.27. The molecule has 1 aromatic carbocycles. The summed E-state index contributed by atoms with van der Waals surface area (Å²) in [5, 5.41) is 8.51. The lowest BCUT2D eigenvalue weighted by Gasteiger charge is -2.07. The van der Waals surface area contributed by atoms with Gasteiger partial charge in [-0.2, -0.15) is 0 Å². The van der Waals surface area contributed by atoms with E-state index in [0.717, 1.165) is 39.6 Å². The molecule has 25 heavy (non-hydrogen) atoms. The lowest BCUT2D eigenvalue weighted by atomic mass is 10.0. The van der Waals surface area contributed by atoms with Crippen molar-refractivity contribution in [3.05, 3.63) is 78.6 Å². The number of rotatable bonds is 3. The third kappa shape index (κ3) is 2.21. The molecule has 4 aromatic rings. The number of aryl methyl sites for hydroxylation is 1. The fraction of sp³-hybridized carbons (Fsp3) is 0.0500. The average Bonchev–Trinajstić information content (AvgIpc) is 3.20. The van der Waals surface area contributed by atoms with E-state index < -0.39 is 0 Å². The van der Waals surface area contributed by atoms with Gasteiger partial charge in [-0.05, 0) is 25.1 Å². The normalized spacial score (nSPS) is 13.1. The Morgan fingerprint density at radius 1 is 1.04 bits per heavy atom. The fourth-order valence-electron chi connectivity index (χ4n) is 3.01. The molecule has 0 atom stereocenters. The zero-order chi connectivity index (χ0) is 16.8. The second-order valence-corrected chi connectivity index (χ2v) is 6.05. The molecule has 5 nitrogen and oxygen atoms in total. The van der Waals surface area contributed by atoms with Gasteiger partial charge in [-0.15, -0.1) is 10.2 Å². The van der Waals surface area contributed by atoms with Gasteiger partial charge >= 0.3 is 0 Å². The van der Waals surface area contributed by atoms with E-state index in [1.54, 1.807) is 0 Å². The number of benzene rings is 1. The van der Waals surface area contributed by atoms with Gasteiger partial charge in [-0.1, -0.05) is 42.0 Å². The summed E-state index contributed by atoms with van der Waals surface area (Å²) in [6.45, 7) is 2.07. The maximum Gasteiger partial charge on any atom is 0.182 e. The van der Waals surface area contributed by atoms with E-state index in [1.165, 1.54) is 12.0 Å². The Labute approximate surface area is 144 Å². The summed E-state index contributed by atoms with van der Waals surface area (Å²) in [4.78, 5) is 4.43. The Morgan fingerprint density at radius 2 is 1.96 bits per heavy atom. The number of aromatic nitrogens is 4. The molecule has 5 heteroatoms. The van der Waals surface area contributed by atoms with Crippen molar-refractivity contribution in [1.82, 2.24) is 19.6 Å². The molecule has 0 saturated heterocycles. The van der Waals surface area contributed by atoms with Gasteiger partial charge in [0.1, 0.15) is 5.69 Å². The molecule has 0 amide bonds. The van der Waals surface area contributed by atoms with Gasteiger partial charge < -0.3 is 4.42 Å². The summed E-state index contributed by atoms with van der Waals surface area (Å²) in [6, 6.07) is 12.2. The van der Waals surface area contributed by atoms with Gasteiger partial charge in [0.15, 0.2) is 23.6 Å². The minimum atomic E-state index is 0.741. The van der Waals surface area contributed by atoms with E-state index >= 15 is 0 Å². The standard InChI is InChI=1S/C20H14N4O/c1-13-4-2-7-15(10-13)18-19(25-12-21-18)16-8-9-17-22-23-20(24(17)11-16)14-5-3-6-14/h2-12H,1H3. The van der Waals surface area contributed by atoms with Crippen LogP contribution in [0.25, 0.3) is 33.8 Å². The van der Waals surface area contributed by atoms with Crippen LogP contribution in [0.3, 0.4) is 0 Å². The van der Waals surface area contributed by atoms with Crippen LogP contribution in [-0.2, 0) is 0 Å². The van der Waals surface area contributed by atoms with Gasteiger partial charge in [0.25, 0.3) is 0 Å². The first-order valence-electron chi connectivity index (χ1n) is 8.04. The molecule has 0 bridgehead atoms. The van der Waals surface area contributed by atoms with E-state index in [9.17, 15) is 0 Å². The van der Waals surface area contributed by atoms with Crippen molar-refractivity contribution >= 4 is 11.2 Å². The van der Waals surface area contributed by atoms with Gasteiger partial charge in [0.2, 0.25) is 0 Å². The van der Waals surface area contributed by atoms with Crippen LogP contribution < -0.4 is 0 Å². The highest BCUT2D eigenvalue weighted by Crippen LogP contribution is 2.32. The van der Waals surface area contributed by atoms with Crippen molar-refractivity contribution in [3.63, 3.8) is 0 Å². The lowest BCUT2D eigenvalue weighted by molar-refractivity contribution is 0.572. The van der Waals surface area contributed by atoms with Crippen LogP contribution in [0, 0.1) is 6.92 Å². The number of hydrogen-bond acceptors (Lipinski definition) is 4. The van der Waals surface area contributed by atoms with Crippen molar-refractivity contribution in [2.45, 2.75) is 6.92 Å². The zero-order valence-corrected chi connectivity index (χ0v) is 13.5. The van der Waals surface area contributed by atoms with Gasteiger partial charge in [0.05, 0.1) is 0 Å². The lowest BCUT2D eigenvalue weighted by Crippen LogP contribution is -1.96. The summed E-state index contributed by atoms with van der Waals surface area (Å²) >= 11 is 0. The predicted octanol–water partition coefficient (Wildman–Crippen LogP) is 4.31. The van der Waals surface area contributed by atoms with Crippen LogP contribution in [0.2, 0.25) is 0 Å². The Kier molecular flexibility index (Phi) is 2.94. The minimum Gasteiger partial charge on any atom is -0.443 e. The number of nitrogens with zero attached hydrogens (tertiary/aromatic N) is 4. The van der Waals surface area contributed by atoms with Crippen molar-refractivity contribution in [3.8, 4) is 22.6 Å². The quantitative estimate of drug-likeness (QED) is 0.563. The van der Waals surface area contributed by atoms with E-state index in [0.29, 0.717) is 0 Å². The first-order chi connectivity index (χ1) is 12.3. The summed E-state index contributed by atoms with van der Waals surface area (Å²) in [5.41, 5.74) is 5.87. The van der Waals surface area contributed by atoms with Crippen LogP contribution in [0.5, 0.6) is 0 Å². The maximum absolute atomic E-state index is 5.72. The molecule has 3 aromatic heterocycles. The smallest absolute Gasteiger partial charge is 0.182 e. The molecule has 0 spiro atoms. The Morgan fingerprint density at radius 3 is 2.76 bits per heavy atom. The monoisotopic (exact) mass is 326 g/mol. The van der Waals surface area contributed by atoms with E-state index in [2.05, 4.69) is 34.2 Å². The van der Waals surface area contributed by atoms with E-state index in [4.69, 9.17) is 4.42 Å². The van der Waals surface area contributed by atoms with Crippen LogP contribution in [-0.4, -0.2) is 19.6 Å². The first-order valence-corrected chi connectivity index (χ1v) is 8.04. The fourth-order valence-corrected chi connectivity index (χ4v) is 3.01. The second-order valence-electron chi connectivity index (χ2n) is 6.05. The summed E-state index contributed by atoms with van der Waals surface area (Å²) in [6.07, 6.45) is 9.52. The first kappa shape index (κ1) is 13.9. The van der Waals surface area contributed by atoms with Crippen LogP contribution in [0.1, 0.15) is 11.4 Å². The molecular weight excluding hydrogens is 312 g/mol. The van der Waals surface area contributed by atoms with Crippen LogP contribution in [0.4, 0.5) is 0 Å². The third-order valence-electron chi connectivity index (χ3n) is 4.33. The third-order valence-corrected chi connectivity index (χ3v) is 4.33. The molecule has 0 radical (unpaired) electrons. The topological polar surface area (TPSA) is 56.2 Å². The highest BCUT2D eigenvalue weighted by molar-refractivity contribution is 5.80. The number of pyridine rings is 1. The SMILES string of the molecule is Cc1cccc(-c2ncoc2-c2ccc3nnc(C4=CC=C4)n3c2)c1. The number of oxazole rings is 1. The minimum absolute atomic E-state index is 0.741. The Balaban J connectivity index is 1.66.